The van der Waals surface area contributed by atoms with Crippen molar-refractivity contribution in [1.29, 1.82) is 0 Å². The Morgan fingerprint density at radius 1 is 1.39 bits per heavy atom. The van der Waals surface area contributed by atoms with Gasteiger partial charge in [-0.1, -0.05) is 18.2 Å². The van der Waals surface area contributed by atoms with Crippen LogP contribution >= 0.6 is 0 Å². The molecular weight excluding hydrogens is 316 g/mol. The third-order valence-corrected chi connectivity index (χ3v) is 6.09. The minimum absolute atomic E-state index is 0.0194. The minimum atomic E-state index is -3.01. The number of para-hydroxylation sites is 1. The van der Waals surface area contributed by atoms with Gasteiger partial charge in [-0.2, -0.15) is 0 Å². The van der Waals surface area contributed by atoms with Crippen LogP contribution in [0, 0.1) is 0 Å². The molecule has 0 bridgehead atoms. The van der Waals surface area contributed by atoms with Crippen molar-refractivity contribution >= 4 is 26.8 Å². The highest BCUT2D eigenvalue weighted by Crippen LogP contribution is 2.26. The van der Waals surface area contributed by atoms with E-state index >= 15 is 0 Å². The van der Waals surface area contributed by atoms with Gasteiger partial charge in [-0.15, -0.1) is 0 Å². The largest absolute Gasteiger partial charge is 0.459 e. The van der Waals surface area contributed by atoms with Gasteiger partial charge < -0.3 is 14.6 Å². The van der Waals surface area contributed by atoms with Crippen molar-refractivity contribution in [3.8, 4) is 0 Å². The minimum Gasteiger partial charge on any atom is -0.459 e. The Morgan fingerprint density at radius 3 is 2.78 bits per heavy atom. The van der Waals surface area contributed by atoms with E-state index in [0.717, 1.165) is 11.0 Å². The van der Waals surface area contributed by atoms with Gasteiger partial charge in [0.25, 0.3) is 0 Å². The Balaban J connectivity index is 1.69. The summed E-state index contributed by atoms with van der Waals surface area (Å²) in [6.45, 7) is 1.88. The van der Waals surface area contributed by atoms with E-state index in [-0.39, 0.29) is 29.6 Å². The molecule has 0 spiro atoms. The van der Waals surface area contributed by atoms with Crippen molar-refractivity contribution < 1.29 is 17.6 Å². The monoisotopic (exact) mass is 336 g/mol. The fourth-order valence-corrected chi connectivity index (χ4v) is 4.43. The second-order valence-corrected chi connectivity index (χ2v) is 8.25. The first-order valence-corrected chi connectivity index (χ1v) is 9.40. The number of hydrogen-bond donors (Lipinski definition) is 1. The molecule has 2 heterocycles. The van der Waals surface area contributed by atoms with Gasteiger partial charge in [-0.05, 0) is 25.5 Å². The van der Waals surface area contributed by atoms with Gasteiger partial charge in [0, 0.05) is 18.5 Å². The van der Waals surface area contributed by atoms with Crippen molar-refractivity contribution in [2.24, 2.45) is 0 Å². The first-order chi connectivity index (χ1) is 10.9. The first-order valence-electron chi connectivity index (χ1n) is 7.58. The Hall–Kier alpha value is -2.02. The smallest absolute Gasteiger partial charge is 0.318 e. The Bertz CT molecular complexity index is 794. The van der Waals surface area contributed by atoms with Gasteiger partial charge in [-0.3, -0.25) is 0 Å². The molecule has 1 N–H and O–H groups in total. The molecule has 1 aromatic carbocycles. The molecular formula is C16H20N2O4S. The molecule has 1 aromatic heterocycles. The molecule has 3 rings (SSSR count). The van der Waals surface area contributed by atoms with Crippen LogP contribution in [0.1, 0.15) is 25.1 Å². The molecule has 1 aliphatic rings. The summed E-state index contributed by atoms with van der Waals surface area (Å²) in [5, 5.41) is 3.78. The van der Waals surface area contributed by atoms with Gasteiger partial charge in [0.1, 0.15) is 11.3 Å². The van der Waals surface area contributed by atoms with Crippen molar-refractivity contribution in [3.05, 3.63) is 36.1 Å². The van der Waals surface area contributed by atoms with Crippen LogP contribution in [0.5, 0.6) is 0 Å². The summed E-state index contributed by atoms with van der Waals surface area (Å²) < 4.78 is 28.7. The van der Waals surface area contributed by atoms with Gasteiger partial charge in [-0.25, -0.2) is 13.2 Å². The van der Waals surface area contributed by atoms with E-state index in [0.29, 0.717) is 12.2 Å². The number of rotatable bonds is 3. The lowest BCUT2D eigenvalue weighted by molar-refractivity contribution is 0.185. The summed E-state index contributed by atoms with van der Waals surface area (Å²) in [6.07, 6.45) is 0.473. The van der Waals surface area contributed by atoms with E-state index < -0.39 is 9.84 Å². The third-order valence-electron chi connectivity index (χ3n) is 4.32. The second kappa shape index (κ2) is 5.88. The molecule has 0 unspecified atom stereocenters. The summed E-state index contributed by atoms with van der Waals surface area (Å²) in [5.41, 5.74) is 0.782. The van der Waals surface area contributed by atoms with E-state index in [4.69, 9.17) is 4.42 Å². The van der Waals surface area contributed by atoms with Crippen molar-refractivity contribution in [1.82, 2.24) is 10.2 Å². The summed E-state index contributed by atoms with van der Waals surface area (Å²) in [6, 6.07) is 8.75. The molecule has 2 amide bonds. The van der Waals surface area contributed by atoms with Crippen LogP contribution in [0.25, 0.3) is 11.0 Å². The van der Waals surface area contributed by atoms with Crippen molar-refractivity contribution in [2.45, 2.75) is 25.4 Å². The number of hydrogen-bond acceptors (Lipinski definition) is 4. The maximum Gasteiger partial charge on any atom is 0.318 e. The number of fused-ring (bicyclic) bond motifs is 1. The summed E-state index contributed by atoms with van der Waals surface area (Å²) in [4.78, 5) is 13.8. The molecule has 6 nitrogen and oxygen atoms in total. The van der Waals surface area contributed by atoms with E-state index in [1.807, 2.05) is 37.3 Å². The highest BCUT2D eigenvalue weighted by Gasteiger charge is 2.30. The molecule has 1 saturated heterocycles. The van der Waals surface area contributed by atoms with Crippen LogP contribution in [-0.4, -0.2) is 43.9 Å². The van der Waals surface area contributed by atoms with Crippen molar-refractivity contribution in [3.63, 3.8) is 0 Å². The van der Waals surface area contributed by atoms with Gasteiger partial charge in [0.15, 0.2) is 9.84 Å². The highest BCUT2D eigenvalue weighted by molar-refractivity contribution is 7.91. The number of amides is 2. The van der Waals surface area contributed by atoms with Crippen LogP contribution < -0.4 is 5.32 Å². The predicted octanol–water partition coefficient (Wildman–Crippen LogP) is 2.32. The SMILES string of the molecule is C[C@H](c1cc2ccccc2o1)N(C)C(=O)N[C@H]1CCS(=O)(=O)C1. The normalized spacial score (nSPS) is 21.2. The number of carbonyl (C=O) groups excluding carboxylic acids is 1. The molecule has 2 atom stereocenters. The average molecular weight is 336 g/mol. The van der Waals surface area contributed by atoms with Gasteiger partial charge >= 0.3 is 6.03 Å². The molecule has 0 radical (unpaired) electrons. The standard InChI is InChI=1S/C16H20N2O4S/c1-11(15-9-12-5-3-4-6-14(12)22-15)18(2)16(19)17-13-7-8-23(20,21)10-13/h3-6,9,11,13H,7-8,10H2,1-2H3,(H,17,19)/t11-,13+/m1/s1. The number of nitrogens with one attached hydrogen (secondary N) is 1. The predicted molar refractivity (Wildman–Crippen MR) is 88.0 cm³/mol. The third kappa shape index (κ3) is 3.34. The number of nitrogens with zero attached hydrogens (tertiary/aromatic N) is 1. The Labute approximate surface area is 135 Å². The van der Waals surface area contributed by atoms with Crippen molar-refractivity contribution in [2.75, 3.05) is 18.6 Å². The zero-order valence-electron chi connectivity index (χ0n) is 13.2. The number of carbonyl (C=O) groups is 1. The number of sulfone groups is 1. The topological polar surface area (TPSA) is 79.6 Å². The fourth-order valence-electron chi connectivity index (χ4n) is 2.76. The summed E-state index contributed by atoms with van der Waals surface area (Å²) >= 11 is 0. The Kier molecular flexibility index (Phi) is 4.06. The maximum absolute atomic E-state index is 12.3. The quantitative estimate of drug-likeness (QED) is 0.933. The van der Waals surface area contributed by atoms with E-state index in [9.17, 15) is 13.2 Å². The van der Waals surface area contributed by atoms with Gasteiger partial charge in [0.2, 0.25) is 0 Å². The van der Waals surface area contributed by atoms with E-state index in [1.165, 1.54) is 4.90 Å². The second-order valence-electron chi connectivity index (χ2n) is 6.02. The van der Waals surface area contributed by atoms with Crippen LogP contribution in [-0.2, 0) is 9.84 Å². The molecule has 1 fully saturated rings. The summed E-state index contributed by atoms with van der Waals surface area (Å²) in [7, 11) is -1.33. The lowest BCUT2D eigenvalue weighted by Crippen LogP contribution is -2.44. The van der Waals surface area contributed by atoms with Gasteiger partial charge in [0.05, 0.1) is 17.5 Å². The van der Waals surface area contributed by atoms with Crippen LogP contribution in [0.3, 0.4) is 0 Å². The lowest BCUT2D eigenvalue weighted by atomic mass is 10.2. The molecule has 2 aromatic rings. The molecule has 124 valence electrons. The number of urea groups is 1. The molecule has 23 heavy (non-hydrogen) atoms. The number of furan rings is 1. The van der Waals surface area contributed by atoms with E-state index in [2.05, 4.69) is 5.32 Å². The maximum atomic E-state index is 12.3. The fraction of sp³-hybridized carbons (Fsp3) is 0.438. The van der Waals surface area contributed by atoms with E-state index in [1.54, 1.807) is 7.05 Å². The zero-order valence-corrected chi connectivity index (χ0v) is 14.0. The average Bonchev–Trinajstić information content (AvgIpc) is 3.08. The first kappa shape index (κ1) is 15.9. The number of benzene rings is 1. The van der Waals surface area contributed by atoms with Crippen LogP contribution in [0.2, 0.25) is 0 Å². The van der Waals surface area contributed by atoms with Crippen LogP contribution in [0.15, 0.2) is 34.7 Å². The highest BCUT2D eigenvalue weighted by atomic mass is 32.2. The molecule has 1 aliphatic heterocycles. The molecule has 0 saturated carbocycles. The summed E-state index contributed by atoms with van der Waals surface area (Å²) in [5.74, 6) is 0.856. The Morgan fingerprint density at radius 2 is 2.13 bits per heavy atom. The molecule has 0 aliphatic carbocycles. The zero-order chi connectivity index (χ0) is 16.6. The molecule has 7 heteroatoms. The van der Waals surface area contributed by atoms with Crippen LogP contribution in [0.4, 0.5) is 4.79 Å². The lowest BCUT2D eigenvalue weighted by Gasteiger charge is -2.25.